The van der Waals surface area contributed by atoms with E-state index in [2.05, 4.69) is 27.3 Å². The summed E-state index contributed by atoms with van der Waals surface area (Å²) in [5, 5.41) is 11.7. The monoisotopic (exact) mass is 305 g/mol. The molecular weight excluding hydrogens is 290 g/mol. The molecule has 0 aliphatic rings. The first kappa shape index (κ1) is 13.7. The number of hydrogen-bond donors (Lipinski definition) is 2. The van der Waals surface area contributed by atoms with Crippen molar-refractivity contribution in [3.63, 3.8) is 0 Å². The minimum absolute atomic E-state index is 0.0107. The Hall–Kier alpha value is -0.390. The number of nitrogens with one attached hydrogen (secondary N) is 1. The molecule has 1 rings (SSSR count). The van der Waals surface area contributed by atoms with Crippen LogP contribution in [-0.4, -0.2) is 23.7 Å². The minimum atomic E-state index is -0.475. The predicted octanol–water partition coefficient (Wildman–Crippen LogP) is 2.33. The summed E-state index contributed by atoms with van der Waals surface area (Å²) in [6.07, 6.45) is 1.82. The third-order valence-corrected chi connectivity index (χ3v) is 3.73. The van der Waals surface area contributed by atoms with E-state index < -0.39 is 6.10 Å². The highest BCUT2D eigenvalue weighted by Gasteiger charge is 2.04. The maximum atomic E-state index is 11.3. The zero-order chi connectivity index (χ0) is 12.0. The summed E-state index contributed by atoms with van der Waals surface area (Å²) in [6.45, 7) is 1.99. The Labute approximate surface area is 108 Å². The summed E-state index contributed by atoms with van der Waals surface area (Å²) in [5.41, 5.74) is 0. The molecule has 1 aromatic rings. The average molecular weight is 306 g/mol. The van der Waals surface area contributed by atoms with Gasteiger partial charge < -0.3 is 10.4 Å². The second-order valence-electron chi connectivity index (χ2n) is 3.71. The molecule has 90 valence electrons. The summed E-state index contributed by atoms with van der Waals surface area (Å²) < 4.78 is 1.13. The van der Waals surface area contributed by atoms with Crippen molar-refractivity contribution in [3.8, 4) is 0 Å². The quantitative estimate of drug-likeness (QED) is 0.847. The molecule has 16 heavy (non-hydrogen) atoms. The van der Waals surface area contributed by atoms with Crippen molar-refractivity contribution in [1.82, 2.24) is 5.32 Å². The van der Waals surface area contributed by atoms with Gasteiger partial charge in [-0.2, -0.15) is 0 Å². The fourth-order valence-corrected chi connectivity index (χ4v) is 2.78. The topological polar surface area (TPSA) is 49.3 Å². The van der Waals surface area contributed by atoms with Crippen LogP contribution in [0.15, 0.2) is 15.9 Å². The Kier molecular flexibility index (Phi) is 6.01. The fourth-order valence-electron chi connectivity index (χ4n) is 1.26. The van der Waals surface area contributed by atoms with Crippen LogP contribution in [0.5, 0.6) is 0 Å². The number of aliphatic hydroxyl groups excluding tert-OH is 1. The molecule has 1 amide bonds. The molecule has 5 heteroatoms. The van der Waals surface area contributed by atoms with E-state index in [4.69, 9.17) is 5.11 Å². The van der Waals surface area contributed by atoms with Gasteiger partial charge in [0, 0.05) is 17.8 Å². The van der Waals surface area contributed by atoms with Crippen molar-refractivity contribution in [2.75, 3.05) is 6.54 Å². The van der Waals surface area contributed by atoms with Gasteiger partial charge in [0.2, 0.25) is 5.91 Å². The molecule has 1 heterocycles. The van der Waals surface area contributed by atoms with Gasteiger partial charge in [-0.1, -0.05) is 0 Å². The number of carbonyl (C=O) groups excluding carboxylic acids is 1. The van der Waals surface area contributed by atoms with E-state index in [-0.39, 0.29) is 5.91 Å². The number of halogens is 1. The van der Waals surface area contributed by atoms with Gasteiger partial charge in [0.15, 0.2) is 0 Å². The lowest BCUT2D eigenvalue weighted by Gasteiger charge is -2.06. The van der Waals surface area contributed by atoms with E-state index in [1.807, 2.05) is 6.07 Å². The molecule has 3 nitrogen and oxygen atoms in total. The molecule has 2 N–H and O–H groups in total. The third kappa shape index (κ3) is 5.63. The van der Waals surface area contributed by atoms with Gasteiger partial charge in [-0.3, -0.25) is 4.79 Å². The van der Waals surface area contributed by atoms with E-state index in [0.717, 1.165) is 16.6 Å². The summed E-state index contributed by atoms with van der Waals surface area (Å²) in [5.74, 6) is 0.0107. The molecule has 0 fully saturated rings. The lowest BCUT2D eigenvalue weighted by atomic mass is 10.2. The van der Waals surface area contributed by atoms with Gasteiger partial charge in [-0.25, -0.2) is 0 Å². The zero-order valence-electron chi connectivity index (χ0n) is 9.20. The number of thiophene rings is 1. The SMILES string of the molecule is C[C@@H](O)CNC(=O)CCCc1ccc(Br)s1. The number of amides is 1. The summed E-state index contributed by atoms with van der Waals surface area (Å²) in [7, 11) is 0. The molecule has 0 aliphatic heterocycles. The van der Waals surface area contributed by atoms with Gasteiger partial charge in [-0.15, -0.1) is 11.3 Å². The molecule has 0 radical (unpaired) electrons. The number of aryl methyl sites for hydroxylation is 1. The largest absolute Gasteiger partial charge is 0.392 e. The van der Waals surface area contributed by atoms with Gasteiger partial charge in [0.25, 0.3) is 0 Å². The van der Waals surface area contributed by atoms with Crippen LogP contribution in [0.3, 0.4) is 0 Å². The molecule has 0 saturated carbocycles. The van der Waals surface area contributed by atoms with Crippen molar-refractivity contribution >= 4 is 33.2 Å². The molecule has 0 spiro atoms. The number of rotatable bonds is 6. The first-order chi connectivity index (χ1) is 7.58. The van der Waals surface area contributed by atoms with E-state index >= 15 is 0 Å². The van der Waals surface area contributed by atoms with Gasteiger partial charge in [0.1, 0.15) is 0 Å². The van der Waals surface area contributed by atoms with Crippen molar-refractivity contribution in [2.45, 2.75) is 32.3 Å². The molecule has 1 atom stereocenters. The van der Waals surface area contributed by atoms with Crippen LogP contribution >= 0.6 is 27.3 Å². The number of carbonyl (C=O) groups is 1. The Morgan fingerprint density at radius 2 is 2.38 bits per heavy atom. The van der Waals surface area contributed by atoms with E-state index in [1.54, 1.807) is 18.3 Å². The maximum Gasteiger partial charge on any atom is 0.220 e. The van der Waals surface area contributed by atoms with Crippen molar-refractivity contribution in [3.05, 3.63) is 20.8 Å². The molecular formula is C11H16BrNO2S. The highest BCUT2D eigenvalue weighted by molar-refractivity contribution is 9.11. The highest BCUT2D eigenvalue weighted by atomic mass is 79.9. The van der Waals surface area contributed by atoms with Crippen LogP contribution < -0.4 is 5.32 Å². The van der Waals surface area contributed by atoms with E-state index in [0.29, 0.717) is 13.0 Å². The summed E-state index contributed by atoms with van der Waals surface area (Å²) >= 11 is 5.11. The maximum absolute atomic E-state index is 11.3. The van der Waals surface area contributed by atoms with Gasteiger partial charge >= 0.3 is 0 Å². The highest BCUT2D eigenvalue weighted by Crippen LogP contribution is 2.23. The zero-order valence-corrected chi connectivity index (χ0v) is 11.6. The minimum Gasteiger partial charge on any atom is -0.392 e. The second-order valence-corrected chi connectivity index (χ2v) is 6.26. The van der Waals surface area contributed by atoms with Crippen LogP contribution in [0.25, 0.3) is 0 Å². The molecule has 1 aromatic heterocycles. The fraction of sp³-hybridized carbons (Fsp3) is 0.545. The van der Waals surface area contributed by atoms with E-state index in [9.17, 15) is 4.79 Å². The smallest absolute Gasteiger partial charge is 0.220 e. The van der Waals surface area contributed by atoms with Crippen LogP contribution in [0.2, 0.25) is 0 Å². The van der Waals surface area contributed by atoms with Crippen molar-refractivity contribution in [1.29, 1.82) is 0 Å². The average Bonchev–Trinajstić information content (AvgIpc) is 2.61. The van der Waals surface area contributed by atoms with Crippen LogP contribution in [0.1, 0.15) is 24.6 Å². The Morgan fingerprint density at radius 1 is 1.62 bits per heavy atom. The van der Waals surface area contributed by atoms with Gasteiger partial charge in [0.05, 0.1) is 9.89 Å². The lowest BCUT2D eigenvalue weighted by molar-refractivity contribution is -0.121. The summed E-state index contributed by atoms with van der Waals surface area (Å²) in [4.78, 5) is 12.6. The molecule has 0 bridgehead atoms. The Morgan fingerprint density at radius 3 is 2.94 bits per heavy atom. The first-order valence-corrected chi connectivity index (χ1v) is 6.88. The van der Waals surface area contributed by atoms with Crippen molar-refractivity contribution < 1.29 is 9.90 Å². The molecule has 0 saturated heterocycles. The van der Waals surface area contributed by atoms with Crippen LogP contribution in [-0.2, 0) is 11.2 Å². The second kappa shape index (κ2) is 7.04. The number of aliphatic hydroxyl groups is 1. The van der Waals surface area contributed by atoms with E-state index in [1.165, 1.54) is 4.88 Å². The molecule has 0 unspecified atom stereocenters. The van der Waals surface area contributed by atoms with Crippen molar-refractivity contribution in [2.24, 2.45) is 0 Å². The van der Waals surface area contributed by atoms with Crippen LogP contribution in [0, 0.1) is 0 Å². The standard InChI is InChI=1S/C11H16BrNO2S/c1-8(14)7-13-11(15)4-2-3-9-5-6-10(12)16-9/h5-6,8,14H,2-4,7H2,1H3,(H,13,15)/t8-/m1/s1. The summed E-state index contributed by atoms with van der Waals surface area (Å²) in [6, 6.07) is 4.09. The predicted molar refractivity (Wildman–Crippen MR) is 69.6 cm³/mol. The van der Waals surface area contributed by atoms with Gasteiger partial charge in [-0.05, 0) is 47.8 Å². The molecule has 0 aromatic carbocycles. The Balaban J connectivity index is 2.13. The molecule has 0 aliphatic carbocycles. The normalized spacial score (nSPS) is 12.4. The number of hydrogen-bond acceptors (Lipinski definition) is 3. The van der Waals surface area contributed by atoms with Crippen LogP contribution in [0.4, 0.5) is 0 Å². The Bertz CT molecular complexity index is 338. The first-order valence-electron chi connectivity index (χ1n) is 5.27. The third-order valence-electron chi connectivity index (χ3n) is 2.05. The lowest BCUT2D eigenvalue weighted by Crippen LogP contribution is -2.30.